The fourth-order valence-electron chi connectivity index (χ4n) is 2.81. The van der Waals surface area contributed by atoms with Crippen molar-refractivity contribution < 1.29 is 14.3 Å². The zero-order valence-corrected chi connectivity index (χ0v) is 17.4. The van der Waals surface area contributed by atoms with E-state index in [0.717, 1.165) is 4.57 Å². The molecule has 0 atom stereocenters. The van der Waals surface area contributed by atoms with E-state index in [2.05, 4.69) is 20.9 Å². The van der Waals surface area contributed by atoms with Gasteiger partial charge in [-0.05, 0) is 28.9 Å². The van der Waals surface area contributed by atoms with Gasteiger partial charge in [0.05, 0.1) is 29.0 Å². The van der Waals surface area contributed by atoms with Gasteiger partial charge in [-0.2, -0.15) is 5.26 Å². The number of aromatic nitrogens is 4. The first-order valence-electron chi connectivity index (χ1n) is 8.46. The van der Waals surface area contributed by atoms with Crippen LogP contribution >= 0.6 is 15.9 Å². The maximum Gasteiger partial charge on any atom is 0.333 e. The molecule has 3 rings (SSSR count). The van der Waals surface area contributed by atoms with Crippen molar-refractivity contribution in [2.24, 2.45) is 14.1 Å². The van der Waals surface area contributed by atoms with E-state index < -0.39 is 23.8 Å². The maximum atomic E-state index is 12.7. The SMILES string of the molecule is CCOc1cc(C#N)cc(Br)c1OC(=O)Cn1c(=O)c2c(ncn2C)n(C)c1=O. The summed E-state index contributed by atoms with van der Waals surface area (Å²) in [7, 11) is 3.08. The second kappa shape index (κ2) is 7.92. The largest absolute Gasteiger partial charge is 0.490 e. The van der Waals surface area contributed by atoms with Gasteiger partial charge in [-0.1, -0.05) is 0 Å². The Hall–Kier alpha value is -3.39. The number of halogens is 1. The lowest BCUT2D eigenvalue weighted by atomic mass is 10.2. The summed E-state index contributed by atoms with van der Waals surface area (Å²) < 4.78 is 14.6. The Morgan fingerprint density at radius 3 is 2.69 bits per heavy atom. The van der Waals surface area contributed by atoms with Gasteiger partial charge < -0.3 is 14.0 Å². The van der Waals surface area contributed by atoms with Crippen LogP contribution in [-0.2, 0) is 25.4 Å². The molecule has 3 aromatic rings. The monoisotopic (exact) mass is 461 g/mol. The van der Waals surface area contributed by atoms with E-state index in [1.807, 2.05) is 6.07 Å². The third kappa shape index (κ3) is 3.66. The smallest absolute Gasteiger partial charge is 0.333 e. The zero-order valence-electron chi connectivity index (χ0n) is 15.8. The minimum Gasteiger partial charge on any atom is -0.490 e. The number of ether oxygens (including phenoxy) is 2. The topological polar surface area (TPSA) is 121 Å². The van der Waals surface area contributed by atoms with Gasteiger partial charge >= 0.3 is 11.7 Å². The fourth-order valence-corrected chi connectivity index (χ4v) is 3.33. The van der Waals surface area contributed by atoms with E-state index in [0.29, 0.717) is 10.0 Å². The van der Waals surface area contributed by atoms with Gasteiger partial charge in [0.25, 0.3) is 5.56 Å². The lowest BCUT2D eigenvalue weighted by Crippen LogP contribution is -2.42. The summed E-state index contributed by atoms with van der Waals surface area (Å²) in [5.41, 5.74) is -0.618. The summed E-state index contributed by atoms with van der Waals surface area (Å²) >= 11 is 3.25. The molecule has 0 amide bonds. The number of nitriles is 1. The van der Waals surface area contributed by atoms with Gasteiger partial charge in [0, 0.05) is 20.2 Å². The van der Waals surface area contributed by atoms with E-state index in [1.165, 1.54) is 34.6 Å². The van der Waals surface area contributed by atoms with Crippen molar-refractivity contribution in [3.63, 3.8) is 0 Å². The molecule has 0 aliphatic rings. The molecule has 2 aromatic heterocycles. The number of fused-ring (bicyclic) bond motifs is 1. The summed E-state index contributed by atoms with van der Waals surface area (Å²) in [4.78, 5) is 41.8. The van der Waals surface area contributed by atoms with Crippen molar-refractivity contribution >= 4 is 33.1 Å². The molecule has 11 heteroatoms. The fraction of sp³-hybridized carbons (Fsp3) is 0.278. The van der Waals surface area contributed by atoms with Gasteiger partial charge in [0.1, 0.15) is 6.54 Å². The van der Waals surface area contributed by atoms with E-state index in [9.17, 15) is 14.4 Å². The average molecular weight is 462 g/mol. The molecule has 0 unspecified atom stereocenters. The third-order valence-electron chi connectivity index (χ3n) is 4.14. The van der Waals surface area contributed by atoms with Crippen LogP contribution in [0.3, 0.4) is 0 Å². The first-order valence-corrected chi connectivity index (χ1v) is 9.25. The second-order valence-corrected chi connectivity index (χ2v) is 6.92. The molecule has 10 nitrogen and oxygen atoms in total. The van der Waals surface area contributed by atoms with Crippen LogP contribution in [0.2, 0.25) is 0 Å². The molecule has 0 radical (unpaired) electrons. The Morgan fingerprint density at radius 1 is 1.31 bits per heavy atom. The molecule has 0 fully saturated rings. The van der Waals surface area contributed by atoms with Crippen LogP contribution in [0.4, 0.5) is 0 Å². The van der Waals surface area contributed by atoms with E-state index in [1.54, 1.807) is 14.0 Å². The molecule has 0 spiro atoms. The molecule has 150 valence electrons. The zero-order chi connectivity index (χ0) is 21.3. The highest BCUT2D eigenvalue weighted by molar-refractivity contribution is 9.10. The number of nitrogens with zero attached hydrogens (tertiary/aromatic N) is 5. The van der Waals surface area contributed by atoms with Crippen LogP contribution < -0.4 is 20.7 Å². The molecular weight excluding hydrogens is 446 g/mol. The second-order valence-electron chi connectivity index (χ2n) is 6.06. The molecule has 0 N–H and O–H groups in total. The summed E-state index contributed by atoms with van der Waals surface area (Å²) in [6.07, 6.45) is 1.41. The Balaban J connectivity index is 1.99. The van der Waals surface area contributed by atoms with Crippen LogP contribution in [0.1, 0.15) is 12.5 Å². The number of rotatable bonds is 5. The Labute approximate surface area is 172 Å². The minimum atomic E-state index is -0.850. The number of carbonyl (C=O) groups excluding carboxylic acids is 1. The molecular formula is C18H16BrN5O5. The molecule has 2 heterocycles. The number of hydrogen-bond donors (Lipinski definition) is 0. The quantitative estimate of drug-likeness (QED) is 0.411. The van der Waals surface area contributed by atoms with Crippen LogP contribution in [0, 0.1) is 11.3 Å². The molecule has 0 saturated carbocycles. The van der Waals surface area contributed by atoms with Crippen LogP contribution in [-0.4, -0.2) is 31.3 Å². The molecule has 0 saturated heterocycles. The molecule has 0 aliphatic heterocycles. The van der Waals surface area contributed by atoms with Crippen molar-refractivity contribution in [2.45, 2.75) is 13.5 Å². The average Bonchev–Trinajstić information content (AvgIpc) is 3.08. The lowest BCUT2D eigenvalue weighted by Gasteiger charge is -2.13. The van der Waals surface area contributed by atoms with Crippen molar-refractivity contribution in [1.29, 1.82) is 5.26 Å². The van der Waals surface area contributed by atoms with Crippen molar-refractivity contribution in [3.8, 4) is 17.6 Å². The Bertz CT molecular complexity index is 1280. The number of aryl methyl sites for hydroxylation is 2. The number of imidazole rings is 1. The van der Waals surface area contributed by atoms with Gasteiger partial charge in [0.15, 0.2) is 22.7 Å². The first-order chi connectivity index (χ1) is 13.8. The molecule has 1 aromatic carbocycles. The van der Waals surface area contributed by atoms with Gasteiger partial charge in [0.2, 0.25) is 0 Å². The standard InChI is InChI=1S/C18H16BrN5O5/c1-4-28-12-6-10(7-20)5-11(19)15(12)29-13(25)8-24-17(26)14-16(21-9-22(14)2)23(3)18(24)27/h5-6,9H,4,8H2,1-3H3. The predicted octanol–water partition coefficient (Wildman–Crippen LogP) is 1.07. The van der Waals surface area contributed by atoms with Crippen LogP contribution in [0.15, 0.2) is 32.5 Å². The first kappa shape index (κ1) is 20.3. The summed E-state index contributed by atoms with van der Waals surface area (Å²) in [6.45, 7) is 1.42. The van der Waals surface area contributed by atoms with Crippen molar-refractivity contribution in [1.82, 2.24) is 18.7 Å². The Morgan fingerprint density at radius 2 is 2.03 bits per heavy atom. The molecule has 29 heavy (non-hydrogen) atoms. The van der Waals surface area contributed by atoms with E-state index >= 15 is 0 Å². The highest BCUT2D eigenvalue weighted by Gasteiger charge is 2.20. The predicted molar refractivity (Wildman–Crippen MR) is 106 cm³/mol. The minimum absolute atomic E-state index is 0.0577. The molecule has 0 aliphatic carbocycles. The van der Waals surface area contributed by atoms with Gasteiger partial charge in [-0.15, -0.1) is 0 Å². The van der Waals surface area contributed by atoms with Crippen molar-refractivity contribution in [3.05, 3.63) is 49.3 Å². The van der Waals surface area contributed by atoms with E-state index in [4.69, 9.17) is 14.7 Å². The van der Waals surface area contributed by atoms with E-state index in [-0.39, 0.29) is 29.3 Å². The van der Waals surface area contributed by atoms with Crippen LogP contribution in [0.25, 0.3) is 11.2 Å². The highest BCUT2D eigenvalue weighted by atomic mass is 79.9. The number of benzene rings is 1. The maximum absolute atomic E-state index is 12.7. The lowest BCUT2D eigenvalue weighted by molar-refractivity contribution is -0.135. The normalized spacial score (nSPS) is 10.7. The summed E-state index contributed by atoms with van der Waals surface area (Å²) in [6, 6.07) is 4.88. The summed E-state index contributed by atoms with van der Waals surface area (Å²) in [5, 5.41) is 9.08. The van der Waals surface area contributed by atoms with Crippen LogP contribution in [0.5, 0.6) is 11.5 Å². The van der Waals surface area contributed by atoms with Gasteiger partial charge in [-0.3, -0.25) is 9.36 Å². The molecule has 0 bridgehead atoms. The highest BCUT2D eigenvalue weighted by Crippen LogP contribution is 2.36. The Kier molecular flexibility index (Phi) is 5.56. The van der Waals surface area contributed by atoms with Gasteiger partial charge in [-0.25, -0.2) is 19.1 Å². The van der Waals surface area contributed by atoms with Crippen molar-refractivity contribution in [2.75, 3.05) is 6.61 Å². The number of esters is 1. The number of hydrogen-bond acceptors (Lipinski definition) is 7. The number of carbonyl (C=O) groups is 1. The third-order valence-corrected chi connectivity index (χ3v) is 4.73. The summed E-state index contributed by atoms with van der Waals surface area (Å²) in [5.74, 6) is -0.603.